The second kappa shape index (κ2) is 7.32. The van der Waals surface area contributed by atoms with Gasteiger partial charge in [-0.15, -0.1) is 10.2 Å². The van der Waals surface area contributed by atoms with Crippen LogP contribution in [-0.4, -0.2) is 26.0 Å². The van der Waals surface area contributed by atoms with Crippen LogP contribution < -0.4 is 10.7 Å². The van der Waals surface area contributed by atoms with E-state index in [1.165, 1.54) is 23.9 Å². The van der Waals surface area contributed by atoms with Crippen molar-refractivity contribution in [3.05, 3.63) is 70.2 Å². The Morgan fingerprint density at radius 2 is 1.89 bits per heavy atom. The first-order valence-electron chi connectivity index (χ1n) is 8.18. The van der Waals surface area contributed by atoms with E-state index in [9.17, 15) is 9.18 Å². The van der Waals surface area contributed by atoms with Crippen molar-refractivity contribution in [3.8, 4) is 0 Å². The van der Waals surface area contributed by atoms with E-state index in [2.05, 4.69) is 36.9 Å². The highest BCUT2D eigenvalue weighted by Gasteiger charge is 2.37. The lowest BCUT2D eigenvalue weighted by Gasteiger charge is -2.32. The Morgan fingerprint density at radius 3 is 2.59 bits per heavy atom. The Kier molecular flexibility index (Phi) is 4.88. The minimum Gasteiger partial charge on any atom is -0.325 e. The molecule has 1 aliphatic rings. The van der Waals surface area contributed by atoms with Gasteiger partial charge in [-0.05, 0) is 48.9 Å². The molecule has 0 aliphatic carbocycles. The molecular formula is C18H15BrFN5OS. The van der Waals surface area contributed by atoms with Crippen LogP contribution in [0.5, 0.6) is 0 Å². The van der Waals surface area contributed by atoms with E-state index in [4.69, 9.17) is 0 Å². The molecule has 138 valence electrons. The maximum absolute atomic E-state index is 13.3. The first-order valence-corrected chi connectivity index (χ1v) is 9.85. The monoisotopic (exact) mass is 447 g/mol. The molecular weight excluding hydrogens is 433 g/mol. The summed E-state index contributed by atoms with van der Waals surface area (Å²) in [7, 11) is 0. The number of carbonyl (C=O) groups is 1. The Bertz CT molecular complexity index is 976. The summed E-state index contributed by atoms with van der Waals surface area (Å²) in [6, 6.07) is 13.1. The lowest BCUT2D eigenvalue weighted by atomic mass is 10.0. The van der Waals surface area contributed by atoms with Crippen LogP contribution >= 0.6 is 27.7 Å². The fraction of sp³-hybridized carbons (Fsp3) is 0.167. The number of carbonyl (C=O) groups excluding carboxylic acids is 1. The Hall–Kier alpha value is -2.39. The van der Waals surface area contributed by atoms with Gasteiger partial charge in [0, 0.05) is 10.2 Å². The molecule has 2 N–H and O–H groups in total. The Balaban J connectivity index is 1.65. The fourth-order valence-corrected chi connectivity index (χ4v) is 4.22. The standard InChI is InChI=1S/C18H15BrFN5OS/c1-10-22-23-18-25(10)24-15(11-2-6-13(20)7-3-11)16(27-18)17(26)21-14-8-4-12(19)5-9-14/h2-9,15-16,24H,1H3,(H,21,26). The van der Waals surface area contributed by atoms with Crippen molar-refractivity contribution in [1.82, 2.24) is 14.9 Å². The van der Waals surface area contributed by atoms with Crippen LogP contribution in [0.15, 0.2) is 58.2 Å². The average Bonchev–Trinajstić information content (AvgIpc) is 3.03. The van der Waals surface area contributed by atoms with E-state index in [-0.39, 0.29) is 17.8 Å². The van der Waals surface area contributed by atoms with Gasteiger partial charge < -0.3 is 10.7 Å². The molecule has 2 unspecified atom stereocenters. The van der Waals surface area contributed by atoms with E-state index in [0.29, 0.717) is 16.7 Å². The second-order valence-corrected chi connectivity index (χ2v) is 8.08. The van der Waals surface area contributed by atoms with E-state index in [0.717, 1.165) is 10.0 Å². The van der Waals surface area contributed by atoms with Gasteiger partial charge in [-0.3, -0.25) is 4.79 Å². The van der Waals surface area contributed by atoms with Crippen LogP contribution in [0.25, 0.3) is 0 Å². The van der Waals surface area contributed by atoms with Crippen LogP contribution in [0.2, 0.25) is 0 Å². The summed E-state index contributed by atoms with van der Waals surface area (Å²) in [5.74, 6) is 0.201. The predicted octanol–water partition coefficient (Wildman–Crippen LogP) is 3.89. The molecule has 0 saturated heterocycles. The molecule has 1 aliphatic heterocycles. The molecule has 2 aromatic carbocycles. The molecule has 4 rings (SSSR count). The van der Waals surface area contributed by atoms with Gasteiger partial charge in [0.05, 0.1) is 6.04 Å². The SMILES string of the molecule is Cc1nnc2n1NC(c1ccc(F)cc1)C(C(=O)Nc1ccc(Br)cc1)S2. The minimum absolute atomic E-state index is 0.170. The van der Waals surface area contributed by atoms with Gasteiger partial charge >= 0.3 is 0 Å². The summed E-state index contributed by atoms with van der Waals surface area (Å²) in [6.45, 7) is 1.83. The van der Waals surface area contributed by atoms with Gasteiger partial charge in [-0.25, -0.2) is 9.07 Å². The lowest BCUT2D eigenvalue weighted by molar-refractivity contribution is -0.116. The number of fused-ring (bicyclic) bond motifs is 1. The number of thioether (sulfide) groups is 1. The summed E-state index contributed by atoms with van der Waals surface area (Å²) in [5, 5.41) is 11.2. The molecule has 0 spiro atoms. The number of aryl methyl sites for hydroxylation is 1. The van der Waals surface area contributed by atoms with Crippen LogP contribution in [0.1, 0.15) is 17.4 Å². The third-order valence-electron chi connectivity index (χ3n) is 4.20. The Morgan fingerprint density at radius 1 is 1.19 bits per heavy atom. The average molecular weight is 448 g/mol. The number of rotatable bonds is 3. The minimum atomic E-state index is -0.504. The second-order valence-electron chi connectivity index (χ2n) is 6.06. The van der Waals surface area contributed by atoms with Crippen LogP contribution in [0, 0.1) is 12.7 Å². The van der Waals surface area contributed by atoms with Gasteiger partial charge in [0.25, 0.3) is 0 Å². The molecule has 27 heavy (non-hydrogen) atoms. The number of hydrogen-bond donors (Lipinski definition) is 2. The molecule has 1 amide bonds. The highest BCUT2D eigenvalue weighted by atomic mass is 79.9. The number of aromatic nitrogens is 3. The van der Waals surface area contributed by atoms with E-state index in [1.54, 1.807) is 16.8 Å². The highest BCUT2D eigenvalue weighted by Crippen LogP contribution is 2.37. The van der Waals surface area contributed by atoms with Gasteiger partial charge in [0.2, 0.25) is 11.1 Å². The van der Waals surface area contributed by atoms with E-state index in [1.807, 2.05) is 31.2 Å². The van der Waals surface area contributed by atoms with Crippen molar-refractivity contribution >= 4 is 39.3 Å². The van der Waals surface area contributed by atoms with Crippen molar-refractivity contribution in [2.75, 3.05) is 10.7 Å². The topological polar surface area (TPSA) is 71.8 Å². The third-order valence-corrected chi connectivity index (χ3v) is 5.94. The summed E-state index contributed by atoms with van der Waals surface area (Å²) in [4.78, 5) is 13.0. The normalized spacial score (nSPS) is 18.5. The van der Waals surface area contributed by atoms with Crippen LogP contribution in [0.4, 0.5) is 10.1 Å². The summed E-state index contributed by atoms with van der Waals surface area (Å²) >= 11 is 4.71. The largest absolute Gasteiger partial charge is 0.325 e. The molecule has 0 bridgehead atoms. The molecule has 9 heteroatoms. The first kappa shape index (κ1) is 18.0. The first-order chi connectivity index (χ1) is 13.0. The van der Waals surface area contributed by atoms with E-state index >= 15 is 0 Å². The quantitative estimate of drug-likeness (QED) is 0.637. The molecule has 0 radical (unpaired) electrons. The van der Waals surface area contributed by atoms with Crippen molar-refractivity contribution in [1.29, 1.82) is 0 Å². The maximum atomic E-state index is 13.3. The van der Waals surface area contributed by atoms with Crippen LogP contribution in [0.3, 0.4) is 0 Å². The summed E-state index contributed by atoms with van der Waals surface area (Å²) < 4.78 is 16.0. The third kappa shape index (κ3) is 3.70. The summed E-state index contributed by atoms with van der Waals surface area (Å²) in [5.41, 5.74) is 4.79. The molecule has 0 saturated carbocycles. The molecule has 3 aromatic rings. The molecule has 6 nitrogen and oxygen atoms in total. The lowest BCUT2D eigenvalue weighted by Crippen LogP contribution is -2.41. The molecule has 2 heterocycles. The number of nitrogens with one attached hydrogen (secondary N) is 2. The smallest absolute Gasteiger partial charge is 0.240 e. The zero-order valence-electron chi connectivity index (χ0n) is 14.2. The van der Waals surface area contributed by atoms with Gasteiger partial charge in [0.15, 0.2) is 0 Å². The van der Waals surface area contributed by atoms with Gasteiger partial charge in [-0.1, -0.05) is 39.8 Å². The van der Waals surface area contributed by atoms with Crippen molar-refractivity contribution in [3.63, 3.8) is 0 Å². The van der Waals surface area contributed by atoms with E-state index < -0.39 is 5.25 Å². The predicted molar refractivity (Wildman–Crippen MR) is 106 cm³/mol. The number of nitrogens with zero attached hydrogens (tertiary/aromatic N) is 3. The van der Waals surface area contributed by atoms with Gasteiger partial charge in [0.1, 0.15) is 16.9 Å². The van der Waals surface area contributed by atoms with Gasteiger partial charge in [-0.2, -0.15) is 0 Å². The number of benzene rings is 2. The molecule has 0 fully saturated rings. The van der Waals surface area contributed by atoms with Crippen LogP contribution in [-0.2, 0) is 4.79 Å². The maximum Gasteiger partial charge on any atom is 0.240 e. The summed E-state index contributed by atoms with van der Waals surface area (Å²) in [6.07, 6.45) is 0. The number of amides is 1. The number of halogens is 2. The van der Waals surface area contributed by atoms with Crippen molar-refractivity contribution in [2.24, 2.45) is 0 Å². The number of anilines is 1. The fourth-order valence-electron chi connectivity index (χ4n) is 2.83. The number of hydrogen-bond acceptors (Lipinski definition) is 5. The Labute approximate surface area is 167 Å². The zero-order valence-corrected chi connectivity index (χ0v) is 16.6. The zero-order chi connectivity index (χ0) is 19.0. The molecule has 1 aromatic heterocycles. The van der Waals surface area contributed by atoms with Crippen molar-refractivity contribution in [2.45, 2.75) is 23.4 Å². The molecule has 2 atom stereocenters. The van der Waals surface area contributed by atoms with Crippen molar-refractivity contribution < 1.29 is 9.18 Å². The highest BCUT2D eigenvalue weighted by molar-refractivity contribution is 9.10.